The van der Waals surface area contributed by atoms with Crippen LogP contribution in [0.25, 0.3) is 0 Å². The first-order chi connectivity index (χ1) is 21.6. The lowest BCUT2D eigenvalue weighted by atomic mass is 10.0. The third-order valence-corrected chi connectivity index (χ3v) is 28.6. The largest absolute Gasteiger partial charge is 0.364 e. The minimum atomic E-state index is -3.50. The van der Waals surface area contributed by atoms with Gasteiger partial charge in [0.15, 0.2) is 0 Å². The molecule has 0 unspecified atom stereocenters. The van der Waals surface area contributed by atoms with Crippen LogP contribution >= 0.6 is 0 Å². The van der Waals surface area contributed by atoms with Gasteiger partial charge in [-0.2, -0.15) is 0 Å². The van der Waals surface area contributed by atoms with Gasteiger partial charge < -0.3 is 19.1 Å². The molecular formula is C36H36N2O4Si2. The molecule has 0 saturated carbocycles. The number of ether oxygens (including phenoxy) is 2. The standard InChI is InChI=1S/C36H36N2O4Si2/c1-27-33-23-25-39-35(33,41-37-27)43(29-15-7-3-8-16-29,30-17-9-4-10-18-30)44(31-19-11-5-12-20-31,32-21-13-6-14-22-32)36-34(24-26-40-36)28(2)38-42-36/h3-22,33-34H,23-26H2,1-2H3/t33-,34-,35-,36-/m1/s1. The number of nitrogens with zero attached hydrogens (tertiary/aromatic N) is 2. The molecule has 2 fully saturated rings. The monoisotopic (exact) mass is 616 g/mol. The van der Waals surface area contributed by atoms with Crippen molar-refractivity contribution in [3.05, 3.63) is 121 Å². The summed E-state index contributed by atoms with van der Waals surface area (Å²) in [7, 11) is -7.00. The fourth-order valence-corrected chi connectivity index (χ4v) is 31.6. The minimum Gasteiger partial charge on any atom is -0.364 e. The van der Waals surface area contributed by atoms with Gasteiger partial charge in [-0.3, -0.25) is 0 Å². The van der Waals surface area contributed by atoms with Crippen LogP contribution in [0.4, 0.5) is 0 Å². The van der Waals surface area contributed by atoms with E-state index in [1.165, 1.54) is 20.7 Å². The van der Waals surface area contributed by atoms with Gasteiger partial charge in [-0.05, 0) is 47.4 Å². The molecule has 4 aliphatic heterocycles. The van der Waals surface area contributed by atoms with E-state index in [1.807, 2.05) is 0 Å². The topological polar surface area (TPSA) is 61.6 Å². The van der Waals surface area contributed by atoms with Gasteiger partial charge in [0.25, 0.3) is 0 Å². The van der Waals surface area contributed by atoms with Gasteiger partial charge >= 0.3 is 0 Å². The highest BCUT2D eigenvalue weighted by Gasteiger charge is 2.86. The number of hydrogen-bond donors (Lipinski definition) is 0. The summed E-state index contributed by atoms with van der Waals surface area (Å²) in [6.45, 7) is 5.37. The Hall–Kier alpha value is -3.83. The Balaban J connectivity index is 1.65. The quantitative estimate of drug-likeness (QED) is 0.295. The van der Waals surface area contributed by atoms with Gasteiger partial charge in [0, 0.05) is 0 Å². The average Bonchev–Trinajstić information content (AvgIpc) is 3.85. The first kappa shape index (κ1) is 27.7. The predicted molar refractivity (Wildman–Crippen MR) is 178 cm³/mol. The zero-order valence-electron chi connectivity index (χ0n) is 25.1. The normalized spacial score (nSPS) is 27.6. The lowest BCUT2D eigenvalue weighted by Crippen LogP contribution is -3.00. The molecule has 6 nitrogen and oxygen atoms in total. The maximum atomic E-state index is 7.20. The van der Waals surface area contributed by atoms with Gasteiger partial charge in [-0.1, -0.05) is 132 Å². The summed E-state index contributed by atoms with van der Waals surface area (Å²) in [6.07, 6.45) is 1.68. The predicted octanol–water partition coefficient (Wildman–Crippen LogP) is 3.95. The first-order valence-electron chi connectivity index (χ1n) is 15.6. The number of fused-ring (bicyclic) bond motifs is 2. The molecule has 8 rings (SSSR count). The third kappa shape index (κ3) is 3.37. The van der Waals surface area contributed by atoms with Crippen LogP contribution in [0.15, 0.2) is 132 Å². The fraction of sp³-hybridized carbons (Fsp3) is 0.278. The van der Waals surface area contributed by atoms with E-state index in [4.69, 9.17) is 29.5 Å². The average molecular weight is 617 g/mol. The number of benzene rings is 4. The van der Waals surface area contributed by atoms with Crippen LogP contribution in [0.1, 0.15) is 26.7 Å². The SMILES string of the molecule is CC1=NO[C@]2([Si](c3ccccc3)(c3ccccc3)[Si](c3ccccc3)(c3ccccc3)[C@@]34OCC[C@@H]3C(C)=NO4)OCC[C@H]12. The molecule has 222 valence electrons. The van der Waals surface area contributed by atoms with E-state index in [9.17, 15) is 0 Å². The van der Waals surface area contributed by atoms with E-state index in [1.54, 1.807) is 0 Å². The Morgan fingerprint density at radius 2 is 0.795 bits per heavy atom. The summed E-state index contributed by atoms with van der Waals surface area (Å²) < 4.78 is 14.4. The lowest BCUT2D eigenvalue weighted by Gasteiger charge is -2.59. The molecule has 0 amide bonds. The van der Waals surface area contributed by atoms with Crippen molar-refractivity contribution in [3.63, 3.8) is 0 Å². The van der Waals surface area contributed by atoms with E-state index >= 15 is 0 Å². The molecule has 4 heterocycles. The summed E-state index contributed by atoms with van der Waals surface area (Å²) in [5, 5.41) is 14.4. The number of rotatable bonds is 7. The minimum absolute atomic E-state index is 0.0199. The van der Waals surface area contributed by atoms with E-state index in [0.717, 1.165) is 24.3 Å². The molecule has 2 saturated heterocycles. The van der Waals surface area contributed by atoms with Crippen LogP contribution < -0.4 is 20.7 Å². The molecule has 0 N–H and O–H groups in total. The van der Waals surface area contributed by atoms with Crippen molar-refractivity contribution in [3.8, 4) is 0 Å². The molecule has 4 aromatic carbocycles. The Bertz CT molecular complexity index is 1510. The highest BCUT2D eigenvalue weighted by Crippen LogP contribution is 2.55. The molecule has 4 aliphatic rings. The van der Waals surface area contributed by atoms with Crippen molar-refractivity contribution in [1.29, 1.82) is 0 Å². The second-order valence-electron chi connectivity index (χ2n) is 12.3. The molecule has 0 aromatic heterocycles. The summed E-state index contributed by atoms with van der Waals surface area (Å²) in [5.74, 6) is -0.0397. The number of hydrogen-bond acceptors (Lipinski definition) is 6. The fourth-order valence-electron chi connectivity index (χ4n) is 8.95. The smallest absolute Gasteiger partial charge is 0.233 e. The molecule has 4 aromatic rings. The Morgan fingerprint density at radius 3 is 1.09 bits per heavy atom. The molecule has 0 bridgehead atoms. The van der Waals surface area contributed by atoms with Crippen LogP contribution in [-0.2, 0) is 19.1 Å². The van der Waals surface area contributed by atoms with E-state index < -0.39 is 26.0 Å². The zero-order chi connectivity index (χ0) is 29.8. The highest BCUT2D eigenvalue weighted by atomic mass is 29.3. The zero-order valence-corrected chi connectivity index (χ0v) is 27.1. The molecule has 8 heteroatoms. The van der Waals surface area contributed by atoms with Crippen molar-refractivity contribution < 1.29 is 19.1 Å². The third-order valence-electron chi connectivity index (χ3n) is 10.5. The van der Waals surface area contributed by atoms with Crippen LogP contribution in [0, 0.1) is 11.8 Å². The lowest BCUT2D eigenvalue weighted by molar-refractivity contribution is -0.159. The Kier molecular flexibility index (Phi) is 6.53. The van der Waals surface area contributed by atoms with Crippen LogP contribution in [0.2, 0.25) is 0 Å². The van der Waals surface area contributed by atoms with E-state index in [0.29, 0.717) is 13.2 Å². The van der Waals surface area contributed by atoms with Crippen LogP contribution in [0.5, 0.6) is 0 Å². The molecule has 0 spiro atoms. The second kappa shape index (κ2) is 10.4. The van der Waals surface area contributed by atoms with Crippen molar-refractivity contribution in [2.45, 2.75) is 37.5 Å². The van der Waals surface area contributed by atoms with Gasteiger partial charge in [0.2, 0.25) is 26.0 Å². The summed E-state index contributed by atoms with van der Waals surface area (Å²) >= 11 is 0. The Morgan fingerprint density at radius 1 is 0.500 bits per heavy atom. The maximum absolute atomic E-state index is 7.20. The molecule has 4 atom stereocenters. The van der Waals surface area contributed by atoms with Gasteiger partial charge in [0.1, 0.15) is 0 Å². The van der Waals surface area contributed by atoms with Crippen molar-refractivity contribution in [1.82, 2.24) is 0 Å². The highest BCUT2D eigenvalue weighted by molar-refractivity contribution is 7.61. The molecule has 0 aliphatic carbocycles. The van der Waals surface area contributed by atoms with Crippen molar-refractivity contribution in [2.24, 2.45) is 22.1 Å². The molecule has 0 radical (unpaired) electrons. The summed E-state index contributed by atoms with van der Waals surface area (Å²) in [6, 6.07) is 43.9. The maximum Gasteiger partial charge on any atom is 0.233 e. The van der Waals surface area contributed by atoms with Gasteiger partial charge in [0.05, 0.1) is 36.5 Å². The second-order valence-corrected chi connectivity index (χ2v) is 23.5. The number of oxime groups is 2. The van der Waals surface area contributed by atoms with Gasteiger partial charge in [-0.25, -0.2) is 0 Å². The van der Waals surface area contributed by atoms with Crippen LogP contribution in [-0.4, -0.2) is 50.6 Å². The van der Waals surface area contributed by atoms with Crippen molar-refractivity contribution in [2.75, 3.05) is 13.2 Å². The van der Waals surface area contributed by atoms with Gasteiger partial charge in [-0.15, -0.1) is 0 Å². The molecule has 44 heavy (non-hydrogen) atoms. The summed E-state index contributed by atoms with van der Waals surface area (Å²) in [5.41, 5.74) is -0.112. The Labute approximate surface area is 260 Å². The van der Waals surface area contributed by atoms with Crippen molar-refractivity contribution >= 4 is 47.4 Å². The van der Waals surface area contributed by atoms with E-state index in [2.05, 4.69) is 135 Å². The van der Waals surface area contributed by atoms with Crippen LogP contribution in [0.3, 0.4) is 0 Å². The molecular weight excluding hydrogens is 581 g/mol. The van der Waals surface area contributed by atoms with E-state index in [-0.39, 0.29) is 11.8 Å². The summed E-state index contributed by atoms with van der Waals surface area (Å²) in [4.78, 5) is 13.9. The first-order valence-corrected chi connectivity index (χ1v) is 20.6.